The smallest absolute Gasteiger partial charge is 0.236 e. The first-order valence-corrected chi connectivity index (χ1v) is 12.2. The van der Waals surface area contributed by atoms with E-state index < -0.39 is 0 Å². The van der Waals surface area contributed by atoms with Gasteiger partial charge in [0.15, 0.2) is 0 Å². The zero-order valence-electron chi connectivity index (χ0n) is 19.0. The summed E-state index contributed by atoms with van der Waals surface area (Å²) >= 11 is 1.82. The Morgan fingerprint density at radius 2 is 1.84 bits per heavy atom. The van der Waals surface area contributed by atoms with Crippen LogP contribution in [0.4, 0.5) is 0 Å². The molecule has 0 bridgehead atoms. The number of carbonyl (C=O) groups excluding carboxylic acids is 2. The molecule has 3 heterocycles. The zero-order valence-corrected chi connectivity index (χ0v) is 19.8. The average Bonchev–Trinajstić information content (AvgIpc) is 3.22. The SMILES string of the molecule is Cc1ccc([C@@H]2c3ccsc3CCN2CC(=O)N2CCN(C(=O)C(C)C)[C@@H](C)C2)cc1. The lowest BCUT2D eigenvalue weighted by molar-refractivity contribution is -0.145. The molecule has 0 N–H and O–H groups in total. The molecule has 0 spiro atoms. The van der Waals surface area contributed by atoms with Crippen molar-refractivity contribution in [2.45, 2.75) is 46.2 Å². The normalized spacial score (nSPS) is 22.0. The highest BCUT2D eigenvalue weighted by Gasteiger charge is 2.34. The summed E-state index contributed by atoms with van der Waals surface area (Å²) in [7, 11) is 0. The van der Waals surface area contributed by atoms with Gasteiger partial charge in [-0.15, -0.1) is 11.3 Å². The Bertz CT molecular complexity index is 936. The van der Waals surface area contributed by atoms with E-state index in [9.17, 15) is 9.59 Å². The molecule has 1 saturated heterocycles. The number of rotatable bonds is 4. The molecule has 166 valence electrons. The first-order valence-electron chi connectivity index (χ1n) is 11.3. The summed E-state index contributed by atoms with van der Waals surface area (Å²) in [6, 6.07) is 11.1. The van der Waals surface area contributed by atoms with Gasteiger partial charge in [-0.2, -0.15) is 0 Å². The Morgan fingerprint density at radius 1 is 1.10 bits per heavy atom. The van der Waals surface area contributed by atoms with Crippen LogP contribution in [0.25, 0.3) is 0 Å². The van der Waals surface area contributed by atoms with E-state index in [1.165, 1.54) is 21.6 Å². The van der Waals surface area contributed by atoms with E-state index in [-0.39, 0.29) is 29.8 Å². The molecule has 5 nitrogen and oxygen atoms in total. The minimum atomic E-state index is -0.00637. The number of fused-ring (bicyclic) bond motifs is 1. The van der Waals surface area contributed by atoms with Crippen LogP contribution in [0.2, 0.25) is 0 Å². The van der Waals surface area contributed by atoms with Crippen molar-refractivity contribution in [3.63, 3.8) is 0 Å². The molecule has 2 atom stereocenters. The largest absolute Gasteiger partial charge is 0.338 e. The van der Waals surface area contributed by atoms with Crippen LogP contribution in [0.1, 0.15) is 48.4 Å². The quantitative estimate of drug-likeness (QED) is 0.729. The second-order valence-electron chi connectivity index (χ2n) is 9.21. The summed E-state index contributed by atoms with van der Waals surface area (Å²) < 4.78 is 0. The fourth-order valence-corrected chi connectivity index (χ4v) is 5.70. The summed E-state index contributed by atoms with van der Waals surface area (Å²) in [6.07, 6.45) is 0.996. The Hall–Kier alpha value is -2.18. The molecular formula is C25H33N3O2S. The van der Waals surface area contributed by atoms with Gasteiger partial charge >= 0.3 is 0 Å². The summed E-state index contributed by atoms with van der Waals surface area (Å²) in [5, 5.41) is 2.17. The molecular weight excluding hydrogens is 406 g/mol. The van der Waals surface area contributed by atoms with Gasteiger partial charge in [-0.25, -0.2) is 0 Å². The van der Waals surface area contributed by atoms with Crippen LogP contribution in [0.15, 0.2) is 35.7 Å². The van der Waals surface area contributed by atoms with E-state index in [0.29, 0.717) is 26.2 Å². The van der Waals surface area contributed by atoms with Crippen molar-refractivity contribution in [2.24, 2.45) is 5.92 Å². The van der Waals surface area contributed by atoms with Crippen molar-refractivity contribution < 1.29 is 9.59 Å². The van der Waals surface area contributed by atoms with Crippen molar-refractivity contribution in [2.75, 3.05) is 32.7 Å². The van der Waals surface area contributed by atoms with E-state index in [4.69, 9.17) is 0 Å². The highest BCUT2D eigenvalue weighted by molar-refractivity contribution is 7.10. The van der Waals surface area contributed by atoms with Gasteiger partial charge in [-0.1, -0.05) is 43.7 Å². The van der Waals surface area contributed by atoms with Gasteiger partial charge in [0.05, 0.1) is 12.6 Å². The molecule has 4 rings (SSSR count). The highest BCUT2D eigenvalue weighted by Crippen LogP contribution is 2.37. The monoisotopic (exact) mass is 439 g/mol. The Balaban J connectivity index is 1.48. The van der Waals surface area contributed by atoms with Crippen molar-refractivity contribution in [1.29, 1.82) is 0 Å². The van der Waals surface area contributed by atoms with Gasteiger partial charge < -0.3 is 9.80 Å². The van der Waals surface area contributed by atoms with Crippen LogP contribution in [0, 0.1) is 12.8 Å². The molecule has 2 amide bonds. The molecule has 2 aliphatic rings. The van der Waals surface area contributed by atoms with Gasteiger partial charge in [0.1, 0.15) is 0 Å². The number of nitrogens with zero attached hydrogens (tertiary/aromatic N) is 3. The molecule has 31 heavy (non-hydrogen) atoms. The molecule has 2 aromatic rings. The third kappa shape index (κ3) is 4.55. The molecule has 6 heteroatoms. The van der Waals surface area contributed by atoms with Gasteiger partial charge in [0.25, 0.3) is 0 Å². The van der Waals surface area contributed by atoms with E-state index in [2.05, 4.69) is 47.5 Å². The zero-order chi connectivity index (χ0) is 22.1. The maximum Gasteiger partial charge on any atom is 0.236 e. The van der Waals surface area contributed by atoms with Crippen LogP contribution in [0.5, 0.6) is 0 Å². The maximum absolute atomic E-state index is 13.3. The van der Waals surface area contributed by atoms with Crippen LogP contribution < -0.4 is 0 Å². The van der Waals surface area contributed by atoms with Crippen LogP contribution in [-0.4, -0.2) is 65.3 Å². The number of hydrogen-bond acceptors (Lipinski definition) is 4. The topological polar surface area (TPSA) is 43.9 Å². The lowest BCUT2D eigenvalue weighted by Gasteiger charge is -2.42. The van der Waals surface area contributed by atoms with Gasteiger partial charge in [-0.3, -0.25) is 14.5 Å². The van der Waals surface area contributed by atoms with Crippen LogP contribution in [0.3, 0.4) is 0 Å². The fourth-order valence-electron chi connectivity index (χ4n) is 4.79. The standard InChI is InChI=1S/C25H33N3O2S/c1-17(2)25(30)28-13-12-26(15-19(28)4)23(29)16-27-11-9-22-21(10-14-31-22)24(27)20-7-5-18(3)6-8-20/h5-8,10,14,17,19,24H,9,11-13,15-16H2,1-4H3/t19-,24+/m0/s1. The maximum atomic E-state index is 13.3. The number of amides is 2. The summed E-state index contributed by atoms with van der Waals surface area (Å²) in [6.45, 7) is 11.2. The predicted octanol–water partition coefficient (Wildman–Crippen LogP) is 3.72. The van der Waals surface area contributed by atoms with Gasteiger partial charge in [-0.05, 0) is 42.8 Å². The first-order chi connectivity index (χ1) is 14.8. The number of benzene rings is 1. The van der Waals surface area contributed by atoms with Crippen molar-refractivity contribution in [3.05, 3.63) is 57.3 Å². The summed E-state index contributed by atoms with van der Waals surface area (Å²) in [5.74, 6) is 0.340. The first kappa shape index (κ1) is 22.0. The van der Waals surface area contributed by atoms with E-state index in [1.807, 2.05) is 41.9 Å². The molecule has 1 fully saturated rings. The third-order valence-electron chi connectivity index (χ3n) is 6.55. The highest BCUT2D eigenvalue weighted by atomic mass is 32.1. The number of thiophene rings is 1. The molecule has 0 aliphatic carbocycles. The van der Waals surface area contributed by atoms with Gasteiger partial charge in [0, 0.05) is 43.0 Å². The molecule has 0 saturated carbocycles. The van der Waals surface area contributed by atoms with Gasteiger partial charge in [0.2, 0.25) is 11.8 Å². The van der Waals surface area contributed by atoms with Crippen molar-refractivity contribution in [1.82, 2.24) is 14.7 Å². The lowest BCUT2D eigenvalue weighted by atomic mass is 9.92. The van der Waals surface area contributed by atoms with E-state index in [0.717, 1.165) is 13.0 Å². The molecule has 0 unspecified atom stereocenters. The van der Waals surface area contributed by atoms with E-state index in [1.54, 1.807) is 0 Å². The molecule has 2 aliphatic heterocycles. The van der Waals surface area contributed by atoms with E-state index >= 15 is 0 Å². The summed E-state index contributed by atoms with van der Waals surface area (Å²) in [5.41, 5.74) is 3.84. The predicted molar refractivity (Wildman–Crippen MR) is 125 cm³/mol. The minimum absolute atomic E-state index is 0.00637. The molecule has 1 aromatic carbocycles. The van der Waals surface area contributed by atoms with Crippen LogP contribution >= 0.6 is 11.3 Å². The second kappa shape index (κ2) is 9.13. The Kier molecular flexibility index (Phi) is 6.49. The third-order valence-corrected chi connectivity index (χ3v) is 7.55. The fraction of sp³-hybridized carbons (Fsp3) is 0.520. The summed E-state index contributed by atoms with van der Waals surface area (Å²) in [4.78, 5) is 33.4. The molecule has 0 radical (unpaired) electrons. The average molecular weight is 440 g/mol. The van der Waals surface area contributed by atoms with Crippen LogP contribution in [-0.2, 0) is 16.0 Å². The second-order valence-corrected chi connectivity index (χ2v) is 10.2. The number of piperazine rings is 1. The van der Waals surface area contributed by atoms with Crippen molar-refractivity contribution in [3.8, 4) is 0 Å². The molecule has 1 aromatic heterocycles. The minimum Gasteiger partial charge on any atom is -0.338 e. The Morgan fingerprint density at radius 3 is 2.52 bits per heavy atom. The number of aryl methyl sites for hydroxylation is 1. The number of hydrogen-bond donors (Lipinski definition) is 0. The Labute approximate surface area is 189 Å². The van der Waals surface area contributed by atoms with Crippen molar-refractivity contribution >= 4 is 23.2 Å². The number of carbonyl (C=O) groups is 2. The lowest BCUT2D eigenvalue weighted by Crippen LogP contribution is -2.57.